The van der Waals surface area contributed by atoms with Crippen LogP contribution in [-0.2, 0) is 28.9 Å². The van der Waals surface area contributed by atoms with Crippen molar-refractivity contribution in [3.05, 3.63) is 88.7 Å². The van der Waals surface area contributed by atoms with E-state index in [-0.39, 0.29) is 12.0 Å². The number of benzene rings is 2. The number of fused-ring (bicyclic) bond motifs is 1. The number of nitrogens with one attached hydrogen (secondary N) is 1. The number of hydrogen-bond acceptors (Lipinski definition) is 3. The largest absolute Gasteiger partial charge is 0.370 e. The van der Waals surface area contributed by atoms with E-state index in [9.17, 15) is 4.79 Å². The van der Waals surface area contributed by atoms with Gasteiger partial charge in [-0.3, -0.25) is 9.48 Å². The Hall–Kier alpha value is -2.92. The summed E-state index contributed by atoms with van der Waals surface area (Å²) in [5, 5.41) is 7.76. The molecule has 5 heteroatoms. The van der Waals surface area contributed by atoms with Gasteiger partial charge in [0.05, 0.1) is 25.3 Å². The van der Waals surface area contributed by atoms with Crippen LogP contribution in [0.5, 0.6) is 0 Å². The molecule has 1 aromatic heterocycles. The Kier molecular flexibility index (Phi) is 5.53. The molecule has 0 radical (unpaired) electrons. The smallest absolute Gasteiger partial charge is 0.224 e. The number of nitrogens with zero attached hydrogens (tertiary/aromatic N) is 2. The monoisotopic (exact) mass is 375 g/mol. The molecule has 1 atom stereocenters. The summed E-state index contributed by atoms with van der Waals surface area (Å²) in [6.45, 7) is 3.86. The van der Waals surface area contributed by atoms with Crippen molar-refractivity contribution in [2.45, 2.75) is 32.4 Å². The highest BCUT2D eigenvalue weighted by atomic mass is 16.5. The van der Waals surface area contributed by atoms with E-state index in [4.69, 9.17) is 9.84 Å². The lowest BCUT2D eigenvalue weighted by molar-refractivity contribution is -0.121. The summed E-state index contributed by atoms with van der Waals surface area (Å²) in [5.41, 5.74) is 5.55. The quantitative estimate of drug-likeness (QED) is 0.720. The number of hydrogen-bond donors (Lipinski definition) is 1. The molecule has 1 amide bonds. The van der Waals surface area contributed by atoms with Crippen molar-refractivity contribution in [2.24, 2.45) is 0 Å². The van der Waals surface area contributed by atoms with Crippen LogP contribution in [0.15, 0.2) is 60.8 Å². The molecular weight excluding hydrogens is 350 g/mol. The van der Waals surface area contributed by atoms with E-state index in [2.05, 4.69) is 23.6 Å². The second-order valence-electron chi connectivity index (χ2n) is 7.24. The highest BCUT2D eigenvalue weighted by Gasteiger charge is 2.25. The number of amides is 1. The van der Waals surface area contributed by atoms with Gasteiger partial charge in [-0.15, -0.1) is 0 Å². The van der Waals surface area contributed by atoms with E-state index in [0.29, 0.717) is 19.6 Å². The molecule has 4 rings (SSSR count). The van der Waals surface area contributed by atoms with Crippen LogP contribution in [0.25, 0.3) is 0 Å². The average Bonchev–Trinajstić information content (AvgIpc) is 3.12. The third-order valence-corrected chi connectivity index (χ3v) is 5.15. The number of aromatic nitrogens is 2. The molecule has 0 saturated heterocycles. The second-order valence-corrected chi connectivity index (χ2v) is 7.24. The summed E-state index contributed by atoms with van der Waals surface area (Å²) >= 11 is 0. The fraction of sp³-hybridized carbons (Fsp3) is 0.304. The Morgan fingerprint density at radius 1 is 1.18 bits per heavy atom. The maximum Gasteiger partial charge on any atom is 0.224 e. The van der Waals surface area contributed by atoms with Crippen molar-refractivity contribution in [1.82, 2.24) is 15.1 Å². The van der Waals surface area contributed by atoms with Crippen molar-refractivity contribution in [3.8, 4) is 0 Å². The van der Waals surface area contributed by atoms with Gasteiger partial charge in [0.1, 0.15) is 6.10 Å². The van der Waals surface area contributed by atoms with Gasteiger partial charge in [0.25, 0.3) is 0 Å². The van der Waals surface area contributed by atoms with Crippen LogP contribution in [0, 0.1) is 6.92 Å². The van der Waals surface area contributed by atoms with Crippen molar-refractivity contribution < 1.29 is 9.53 Å². The predicted octanol–water partition coefficient (Wildman–Crippen LogP) is 3.21. The van der Waals surface area contributed by atoms with Gasteiger partial charge in [0, 0.05) is 12.7 Å². The molecule has 0 spiro atoms. The fourth-order valence-corrected chi connectivity index (χ4v) is 3.59. The van der Waals surface area contributed by atoms with E-state index >= 15 is 0 Å². The average molecular weight is 375 g/mol. The normalized spacial score (nSPS) is 15.8. The Morgan fingerprint density at radius 2 is 1.96 bits per heavy atom. The minimum absolute atomic E-state index is 0.00809. The van der Waals surface area contributed by atoms with Gasteiger partial charge in [-0.2, -0.15) is 5.10 Å². The highest BCUT2D eigenvalue weighted by Crippen LogP contribution is 2.25. The third kappa shape index (κ3) is 4.31. The van der Waals surface area contributed by atoms with Gasteiger partial charge < -0.3 is 10.1 Å². The lowest BCUT2D eigenvalue weighted by Gasteiger charge is -2.22. The summed E-state index contributed by atoms with van der Waals surface area (Å²) in [7, 11) is 0. The summed E-state index contributed by atoms with van der Waals surface area (Å²) < 4.78 is 7.87. The first-order chi connectivity index (χ1) is 13.7. The topological polar surface area (TPSA) is 56.1 Å². The molecular formula is C23H25N3O2. The minimum atomic E-state index is -0.193. The zero-order chi connectivity index (χ0) is 19.3. The van der Waals surface area contributed by atoms with Crippen LogP contribution >= 0.6 is 0 Å². The molecule has 0 aliphatic carbocycles. The Balaban J connectivity index is 1.39. The molecule has 3 aromatic rings. The van der Waals surface area contributed by atoms with Gasteiger partial charge in [-0.1, -0.05) is 54.6 Å². The molecule has 2 aromatic carbocycles. The molecule has 1 aliphatic heterocycles. The molecule has 0 fully saturated rings. The second kappa shape index (κ2) is 8.40. The number of aryl methyl sites for hydroxylation is 1. The van der Waals surface area contributed by atoms with Gasteiger partial charge in [0.2, 0.25) is 5.91 Å². The van der Waals surface area contributed by atoms with Gasteiger partial charge in [-0.05, 0) is 35.6 Å². The third-order valence-electron chi connectivity index (χ3n) is 5.15. The SMILES string of the molecule is Cc1ccccc1CC(=O)NC[C@@H]1OCCc2cn(Cc3ccccc3)nc21. The van der Waals surface area contributed by atoms with Crippen LogP contribution in [-0.4, -0.2) is 28.8 Å². The Morgan fingerprint density at radius 3 is 2.79 bits per heavy atom. The summed E-state index contributed by atoms with van der Waals surface area (Å²) in [5.74, 6) is 0.00809. The van der Waals surface area contributed by atoms with Gasteiger partial charge >= 0.3 is 0 Å². The highest BCUT2D eigenvalue weighted by molar-refractivity contribution is 5.78. The molecule has 144 valence electrons. The predicted molar refractivity (Wildman–Crippen MR) is 108 cm³/mol. The van der Waals surface area contributed by atoms with Crippen molar-refractivity contribution in [1.29, 1.82) is 0 Å². The zero-order valence-electron chi connectivity index (χ0n) is 16.1. The van der Waals surface area contributed by atoms with Gasteiger partial charge in [0.15, 0.2) is 0 Å². The number of rotatable bonds is 6. The van der Waals surface area contributed by atoms with Crippen molar-refractivity contribution >= 4 is 5.91 Å². The maximum absolute atomic E-state index is 12.4. The van der Waals surface area contributed by atoms with Crippen LogP contribution in [0.1, 0.15) is 34.1 Å². The fourth-order valence-electron chi connectivity index (χ4n) is 3.59. The molecule has 0 unspecified atom stereocenters. The molecule has 28 heavy (non-hydrogen) atoms. The molecule has 2 heterocycles. The van der Waals surface area contributed by atoms with E-state index in [1.165, 1.54) is 11.1 Å². The molecule has 0 bridgehead atoms. The first kappa shape index (κ1) is 18.4. The molecule has 1 aliphatic rings. The lowest BCUT2D eigenvalue weighted by Crippen LogP contribution is -2.33. The maximum atomic E-state index is 12.4. The van der Waals surface area contributed by atoms with Crippen molar-refractivity contribution in [2.75, 3.05) is 13.2 Å². The van der Waals surface area contributed by atoms with E-state index in [1.807, 2.05) is 54.1 Å². The molecule has 0 saturated carbocycles. The van der Waals surface area contributed by atoms with Crippen LogP contribution in [0.4, 0.5) is 0 Å². The molecule has 5 nitrogen and oxygen atoms in total. The first-order valence-electron chi connectivity index (χ1n) is 9.72. The van der Waals surface area contributed by atoms with E-state index < -0.39 is 0 Å². The van der Waals surface area contributed by atoms with Gasteiger partial charge in [-0.25, -0.2) is 0 Å². The van der Waals surface area contributed by atoms with Crippen LogP contribution in [0.3, 0.4) is 0 Å². The van der Waals surface area contributed by atoms with E-state index in [1.54, 1.807) is 0 Å². The summed E-state index contributed by atoms with van der Waals surface area (Å²) in [4.78, 5) is 12.4. The standard InChI is InChI=1S/C23H25N3O2/c1-17-7-5-6-10-19(17)13-22(27)24-14-21-23-20(11-12-28-21)16-26(25-23)15-18-8-3-2-4-9-18/h2-10,16,21H,11-15H2,1H3,(H,24,27)/t21-/m0/s1. The van der Waals surface area contributed by atoms with Crippen LogP contribution < -0.4 is 5.32 Å². The minimum Gasteiger partial charge on any atom is -0.370 e. The number of carbonyl (C=O) groups excluding carboxylic acids is 1. The molecule has 1 N–H and O–H groups in total. The first-order valence-corrected chi connectivity index (χ1v) is 9.72. The number of carbonyl (C=O) groups is 1. The summed E-state index contributed by atoms with van der Waals surface area (Å²) in [6, 6.07) is 18.3. The zero-order valence-corrected chi connectivity index (χ0v) is 16.1. The lowest BCUT2D eigenvalue weighted by atomic mass is 10.0. The number of ether oxygens (including phenoxy) is 1. The Bertz CT molecular complexity index is 949. The van der Waals surface area contributed by atoms with Crippen molar-refractivity contribution in [3.63, 3.8) is 0 Å². The Labute approximate surface area is 165 Å². The van der Waals surface area contributed by atoms with Crippen LogP contribution in [0.2, 0.25) is 0 Å². The summed E-state index contributed by atoms with van der Waals surface area (Å²) in [6.07, 6.45) is 3.15. The van der Waals surface area contributed by atoms with E-state index in [0.717, 1.165) is 29.8 Å².